The van der Waals surface area contributed by atoms with Gasteiger partial charge in [-0.15, -0.1) is 0 Å². The van der Waals surface area contributed by atoms with Crippen LogP contribution in [0.15, 0.2) is 53.2 Å². The third kappa shape index (κ3) is 5.21. The summed E-state index contributed by atoms with van der Waals surface area (Å²) >= 11 is 1.54. The van der Waals surface area contributed by atoms with Gasteiger partial charge < -0.3 is 19.5 Å². The van der Waals surface area contributed by atoms with Gasteiger partial charge in [-0.1, -0.05) is 49.4 Å². The molecular weight excluding hydrogens is 552 g/mol. The van der Waals surface area contributed by atoms with Crippen LogP contribution < -0.4 is 15.4 Å². The van der Waals surface area contributed by atoms with Gasteiger partial charge in [-0.2, -0.15) is 0 Å². The minimum Gasteiger partial charge on any atom is -0.476 e. The minimum atomic E-state index is -0.391. The largest absolute Gasteiger partial charge is 0.476 e. The monoisotopic (exact) mass is 586 g/mol. The van der Waals surface area contributed by atoms with Crippen molar-refractivity contribution in [3.8, 4) is 17.1 Å². The third-order valence-electron chi connectivity index (χ3n) is 8.12. The lowest BCUT2D eigenvalue weighted by molar-refractivity contribution is 0.128. The van der Waals surface area contributed by atoms with Gasteiger partial charge in [0.15, 0.2) is 10.8 Å². The van der Waals surface area contributed by atoms with Crippen molar-refractivity contribution < 1.29 is 14.1 Å². The molecule has 2 bridgehead atoms. The first kappa shape index (κ1) is 26.9. The molecule has 0 spiro atoms. The van der Waals surface area contributed by atoms with E-state index in [1.165, 1.54) is 6.42 Å². The van der Waals surface area contributed by atoms with E-state index in [0.29, 0.717) is 41.8 Å². The van der Waals surface area contributed by atoms with Gasteiger partial charge in [0.1, 0.15) is 17.2 Å². The van der Waals surface area contributed by atoms with Crippen LogP contribution in [0.3, 0.4) is 0 Å². The first-order valence-corrected chi connectivity index (χ1v) is 15.0. The average Bonchev–Trinajstić information content (AvgIpc) is 3.76. The summed E-state index contributed by atoms with van der Waals surface area (Å²) in [6.45, 7) is 9.93. The number of pyridine rings is 1. The molecule has 0 unspecified atom stereocenters. The number of hydrogen-bond acceptors (Lipinski definition) is 9. The molecule has 11 nitrogen and oxygen atoms in total. The summed E-state index contributed by atoms with van der Waals surface area (Å²) in [5.41, 5.74) is 3.27. The van der Waals surface area contributed by atoms with Crippen molar-refractivity contribution in [3.63, 3.8) is 0 Å². The Morgan fingerprint density at radius 2 is 1.93 bits per heavy atom. The standard InChI is InChI=1S/C30H34N8O3S/c1-30(2,3)24-14-25(35-41-24)33-28(39)31-19-7-5-18(6-8-19)22-17-38-23-9-10-26(34-27(23)42-29(38)32-22)40-12-11-37-16-20-13-21(37)15-36(20)4/h5-10,14,17,20-21H,11-13,15-16H2,1-4H3,(H2,31,33,35,39)/t20-,21-/m0/s1. The van der Waals surface area contributed by atoms with E-state index in [-0.39, 0.29) is 5.41 Å². The Kier molecular flexibility index (Phi) is 6.63. The number of thiazole rings is 1. The number of piperazine rings is 1. The van der Waals surface area contributed by atoms with E-state index < -0.39 is 6.03 Å². The average molecular weight is 587 g/mol. The zero-order valence-electron chi connectivity index (χ0n) is 24.1. The molecule has 12 heteroatoms. The minimum absolute atomic E-state index is 0.189. The van der Waals surface area contributed by atoms with Crippen LogP contribution >= 0.6 is 11.3 Å². The highest BCUT2D eigenvalue weighted by Crippen LogP contribution is 2.31. The van der Waals surface area contributed by atoms with Crippen molar-refractivity contribution in [2.75, 3.05) is 43.9 Å². The molecule has 2 aliphatic heterocycles. The topological polar surface area (TPSA) is 113 Å². The fourth-order valence-electron chi connectivity index (χ4n) is 5.77. The number of amides is 2. The normalized spacial score (nSPS) is 19.2. The highest BCUT2D eigenvalue weighted by molar-refractivity contribution is 7.23. The van der Waals surface area contributed by atoms with E-state index in [2.05, 4.69) is 37.0 Å². The Hall–Kier alpha value is -4.00. The van der Waals surface area contributed by atoms with E-state index in [0.717, 1.165) is 46.2 Å². The zero-order chi connectivity index (χ0) is 29.0. The summed E-state index contributed by atoms with van der Waals surface area (Å²) in [7, 11) is 2.22. The van der Waals surface area contributed by atoms with Crippen LogP contribution in [0.5, 0.6) is 5.88 Å². The van der Waals surface area contributed by atoms with Crippen molar-refractivity contribution in [2.45, 2.75) is 44.7 Å². The molecule has 0 saturated carbocycles. The van der Waals surface area contributed by atoms with Crippen molar-refractivity contribution in [1.29, 1.82) is 0 Å². The maximum Gasteiger partial charge on any atom is 0.324 e. The Morgan fingerprint density at radius 1 is 1.10 bits per heavy atom. The maximum absolute atomic E-state index is 12.4. The predicted molar refractivity (Wildman–Crippen MR) is 164 cm³/mol. The summed E-state index contributed by atoms with van der Waals surface area (Å²) in [6.07, 6.45) is 3.29. The van der Waals surface area contributed by atoms with Crippen LogP contribution in [0.1, 0.15) is 33.0 Å². The van der Waals surface area contributed by atoms with Gasteiger partial charge in [0.25, 0.3) is 0 Å². The lowest BCUT2D eigenvalue weighted by Gasteiger charge is -2.31. The van der Waals surface area contributed by atoms with Crippen molar-refractivity contribution in [1.82, 2.24) is 29.3 Å². The van der Waals surface area contributed by atoms with Crippen LogP contribution in [-0.2, 0) is 5.41 Å². The van der Waals surface area contributed by atoms with Crippen LogP contribution in [0, 0.1) is 0 Å². The summed E-state index contributed by atoms with van der Waals surface area (Å²) in [6, 6.07) is 14.3. The number of rotatable bonds is 7. The quantitative estimate of drug-likeness (QED) is 0.264. The number of aromatic nitrogens is 4. The molecule has 2 atom stereocenters. The number of likely N-dealkylation sites (N-methyl/N-ethyl adjacent to an activating group) is 1. The second kappa shape index (κ2) is 10.4. The number of carbonyl (C=O) groups excluding carboxylic acids is 1. The summed E-state index contributed by atoms with van der Waals surface area (Å²) < 4.78 is 13.4. The lowest BCUT2D eigenvalue weighted by Crippen LogP contribution is -2.45. The van der Waals surface area contributed by atoms with Crippen molar-refractivity contribution in [3.05, 3.63) is 54.4 Å². The number of urea groups is 1. The molecule has 2 saturated heterocycles. The summed E-state index contributed by atoms with van der Waals surface area (Å²) in [5, 5.41) is 9.46. The molecule has 2 N–H and O–H groups in total. The van der Waals surface area contributed by atoms with E-state index in [4.69, 9.17) is 19.2 Å². The fourth-order valence-corrected chi connectivity index (χ4v) is 6.74. The molecule has 4 aromatic heterocycles. The van der Waals surface area contributed by atoms with Crippen LogP contribution in [-0.4, -0.2) is 80.7 Å². The number of nitrogens with one attached hydrogen (secondary N) is 2. The Balaban J connectivity index is 0.969. The number of carbonyl (C=O) groups is 1. The van der Waals surface area contributed by atoms with E-state index in [1.807, 2.05) is 63.4 Å². The van der Waals surface area contributed by atoms with Gasteiger partial charge in [-0.05, 0) is 31.7 Å². The van der Waals surface area contributed by atoms with Crippen LogP contribution in [0.25, 0.3) is 26.6 Å². The lowest BCUT2D eigenvalue weighted by atomic mass is 9.93. The number of ether oxygens (including phenoxy) is 1. The van der Waals surface area contributed by atoms with Gasteiger partial charge in [0.2, 0.25) is 5.88 Å². The molecule has 0 radical (unpaired) electrons. The van der Waals surface area contributed by atoms with E-state index in [9.17, 15) is 4.79 Å². The Morgan fingerprint density at radius 3 is 2.64 bits per heavy atom. The van der Waals surface area contributed by atoms with Gasteiger partial charge in [0, 0.05) is 66.7 Å². The molecule has 42 heavy (non-hydrogen) atoms. The summed E-state index contributed by atoms with van der Waals surface area (Å²) in [4.78, 5) is 28.8. The molecule has 7 rings (SSSR count). The number of nitrogens with zero attached hydrogens (tertiary/aromatic N) is 6. The first-order valence-electron chi connectivity index (χ1n) is 14.2. The van der Waals surface area contributed by atoms with Gasteiger partial charge >= 0.3 is 6.03 Å². The second-order valence-corrected chi connectivity index (χ2v) is 13.1. The number of imidazole rings is 1. The number of benzene rings is 1. The molecule has 2 fully saturated rings. The predicted octanol–water partition coefficient (Wildman–Crippen LogP) is 5.31. The molecule has 5 aromatic rings. The molecule has 1 aromatic carbocycles. The highest BCUT2D eigenvalue weighted by Gasteiger charge is 2.40. The van der Waals surface area contributed by atoms with E-state index >= 15 is 0 Å². The molecule has 2 aliphatic rings. The van der Waals surface area contributed by atoms with Gasteiger partial charge in [0.05, 0.1) is 11.2 Å². The molecule has 6 heterocycles. The van der Waals surface area contributed by atoms with Gasteiger partial charge in [-0.3, -0.25) is 14.6 Å². The second-order valence-electron chi connectivity index (χ2n) is 12.2. The fraction of sp³-hybridized carbons (Fsp3) is 0.400. The van der Waals surface area contributed by atoms with Crippen LogP contribution in [0.4, 0.5) is 16.3 Å². The number of likely N-dealkylation sites (tertiary alicyclic amines) is 2. The number of hydrogen-bond donors (Lipinski definition) is 2. The maximum atomic E-state index is 12.4. The molecule has 2 amide bonds. The van der Waals surface area contributed by atoms with E-state index in [1.54, 1.807) is 17.4 Å². The number of anilines is 2. The van der Waals surface area contributed by atoms with Gasteiger partial charge in [-0.25, -0.2) is 14.8 Å². The van der Waals surface area contributed by atoms with Crippen LogP contribution in [0.2, 0.25) is 0 Å². The smallest absolute Gasteiger partial charge is 0.324 e. The Labute approximate surface area is 247 Å². The SMILES string of the molecule is CN1C[C@@H]2C[C@H]1CN2CCOc1ccc2c(n1)sc1nc(-c3ccc(NC(=O)Nc4cc(C(C)(C)C)on4)cc3)cn12. The molecular formula is C30H34N8O3S. The third-order valence-corrected chi connectivity index (χ3v) is 9.09. The summed E-state index contributed by atoms with van der Waals surface area (Å²) in [5.74, 6) is 1.72. The Bertz CT molecular complexity index is 1750. The number of fused-ring (bicyclic) bond motifs is 5. The van der Waals surface area contributed by atoms with Crippen molar-refractivity contribution >= 4 is 44.2 Å². The zero-order valence-corrected chi connectivity index (χ0v) is 24.9. The molecule has 0 aliphatic carbocycles. The first-order chi connectivity index (χ1) is 20.2. The highest BCUT2D eigenvalue weighted by atomic mass is 32.1. The molecule has 218 valence electrons. The van der Waals surface area contributed by atoms with Crippen molar-refractivity contribution in [2.24, 2.45) is 0 Å².